The Bertz CT molecular complexity index is 285. The SMILES string of the molecule is CC(C)N(CCC(NC1CC1)C(N)=O)CC1CC1. The number of amides is 1. The standard InChI is InChI=1S/C14H27N3O/c1-10(2)17(9-11-3-4-11)8-7-13(14(15)18)16-12-5-6-12/h10-13,16H,3-9H2,1-2H3,(H2,15,18). The maximum Gasteiger partial charge on any atom is 0.234 e. The van der Waals surface area contributed by atoms with Crippen LogP contribution in [0.3, 0.4) is 0 Å². The summed E-state index contributed by atoms with van der Waals surface area (Å²) in [6.45, 7) is 6.63. The third-order valence-electron chi connectivity index (χ3n) is 3.98. The van der Waals surface area contributed by atoms with E-state index < -0.39 is 0 Å². The van der Waals surface area contributed by atoms with Gasteiger partial charge in [-0.3, -0.25) is 4.79 Å². The van der Waals surface area contributed by atoms with Gasteiger partial charge in [-0.1, -0.05) is 0 Å². The summed E-state index contributed by atoms with van der Waals surface area (Å²) in [6.07, 6.45) is 5.99. The number of hydrogen-bond donors (Lipinski definition) is 2. The summed E-state index contributed by atoms with van der Waals surface area (Å²) in [6, 6.07) is 0.955. The van der Waals surface area contributed by atoms with Crippen molar-refractivity contribution in [3.8, 4) is 0 Å². The number of carbonyl (C=O) groups excluding carboxylic acids is 1. The topological polar surface area (TPSA) is 58.4 Å². The molecule has 0 heterocycles. The van der Waals surface area contributed by atoms with Gasteiger partial charge in [0.25, 0.3) is 0 Å². The van der Waals surface area contributed by atoms with Crippen molar-refractivity contribution >= 4 is 5.91 Å². The summed E-state index contributed by atoms with van der Waals surface area (Å²) >= 11 is 0. The molecule has 2 fully saturated rings. The fraction of sp³-hybridized carbons (Fsp3) is 0.929. The van der Waals surface area contributed by atoms with Crippen LogP contribution in [-0.4, -0.2) is 42.0 Å². The molecule has 2 aliphatic carbocycles. The Labute approximate surface area is 110 Å². The molecule has 4 nitrogen and oxygen atoms in total. The zero-order chi connectivity index (χ0) is 13.1. The number of carbonyl (C=O) groups is 1. The van der Waals surface area contributed by atoms with E-state index in [1.54, 1.807) is 0 Å². The quantitative estimate of drug-likeness (QED) is 0.647. The second-order valence-electron chi connectivity index (χ2n) is 6.22. The molecule has 2 rings (SSSR count). The van der Waals surface area contributed by atoms with Crippen LogP contribution in [0.15, 0.2) is 0 Å². The van der Waals surface area contributed by atoms with Crippen LogP contribution in [0.1, 0.15) is 46.0 Å². The highest BCUT2D eigenvalue weighted by Crippen LogP contribution is 2.30. The van der Waals surface area contributed by atoms with Crippen LogP contribution in [0.2, 0.25) is 0 Å². The van der Waals surface area contributed by atoms with Gasteiger partial charge >= 0.3 is 0 Å². The molecule has 0 aromatic rings. The monoisotopic (exact) mass is 253 g/mol. The highest BCUT2D eigenvalue weighted by atomic mass is 16.1. The highest BCUT2D eigenvalue weighted by molar-refractivity contribution is 5.79. The third kappa shape index (κ3) is 4.58. The van der Waals surface area contributed by atoms with Gasteiger partial charge in [-0.15, -0.1) is 0 Å². The first kappa shape index (κ1) is 13.8. The van der Waals surface area contributed by atoms with Crippen molar-refractivity contribution in [3.05, 3.63) is 0 Å². The fourth-order valence-electron chi connectivity index (χ4n) is 2.33. The van der Waals surface area contributed by atoms with Crippen molar-refractivity contribution in [3.63, 3.8) is 0 Å². The molecule has 0 saturated heterocycles. The maximum absolute atomic E-state index is 11.4. The lowest BCUT2D eigenvalue weighted by molar-refractivity contribution is -0.120. The lowest BCUT2D eigenvalue weighted by atomic mass is 10.1. The van der Waals surface area contributed by atoms with E-state index in [0.29, 0.717) is 12.1 Å². The first-order chi connectivity index (χ1) is 8.56. The minimum Gasteiger partial charge on any atom is -0.368 e. The van der Waals surface area contributed by atoms with Gasteiger partial charge in [-0.25, -0.2) is 0 Å². The Morgan fingerprint density at radius 1 is 1.33 bits per heavy atom. The second kappa shape index (κ2) is 6.02. The molecule has 18 heavy (non-hydrogen) atoms. The average molecular weight is 253 g/mol. The smallest absolute Gasteiger partial charge is 0.234 e. The van der Waals surface area contributed by atoms with Crippen molar-refractivity contribution in [2.24, 2.45) is 11.7 Å². The maximum atomic E-state index is 11.4. The normalized spacial score (nSPS) is 21.6. The van der Waals surface area contributed by atoms with Gasteiger partial charge in [-0.2, -0.15) is 0 Å². The van der Waals surface area contributed by atoms with Gasteiger partial charge in [0.1, 0.15) is 0 Å². The average Bonchev–Trinajstić information content (AvgIpc) is 3.15. The van der Waals surface area contributed by atoms with E-state index in [1.165, 1.54) is 32.2 Å². The number of nitrogens with zero attached hydrogens (tertiary/aromatic N) is 1. The van der Waals surface area contributed by atoms with E-state index >= 15 is 0 Å². The molecule has 104 valence electrons. The summed E-state index contributed by atoms with van der Waals surface area (Å²) < 4.78 is 0. The van der Waals surface area contributed by atoms with Crippen molar-refractivity contribution in [1.29, 1.82) is 0 Å². The number of primary amides is 1. The van der Waals surface area contributed by atoms with Crippen LogP contribution in [0, 0.1) is 5.92 Å². The molecule has 0 aliphatic heterocycles. The minimum atomic E-state index is -0.197. The first-order valence-corrected chi connectivity index (χ1v) is 7.35. The van der Waals surface area contributed by atoms with Gasteiger partial charge in [0.05, 0.1) is 6.04 Å². The van der Waals surface area contributed by atoms with Crippen molar-refractivity contribution in [2.75, 3.05) is 13.1 Å². The Balaban J connectivity index is 1.75. The molecule has 0 spiro atoms. The van der Waals surface area contributed by atoms with Crippen LogP contribution >= 0.6 is 0 Å². The molecule has 4 heteroatoms. The van der Waals surface area contributed by atoms with Gasteiger partial charge in [-0.05, 0) is 51.9 Å². The number of nitrogens with two attached hydrogens (primary N) is 1. The molecule has 0 aromatic carbocycles. The highest BCUT2D eigenvalue weighted by Gasteiger charge is 2.29. The summed E-state index contributed by atoms with van der Waals surface area (Å²) in [5.41, 5.74) is 5.47. The van der Waals surface area contributed by atoms with Gasteiger partial charge in [0.2, 0.25) is 5.91 Å². The van der Waals surface area contributed by atoms with Crippen LogP contribution in [0.5, 0.6) is 0 Å². The molecule has 1 unspecified atom stereocenters. The molecular formula is C14H27N3O. The lowest BCUT2D eigenvalue weighted by Gasteiger charge is -2.28. The molecule has 2 saturated carbocycles. The molecular weight excluding hydrogens is 226 g/mol. The van der Waals surface area contributed by atoms with Gasteiger partial charge < -0.3 is 16.0 Å². The summed E-state index contributed by atoms with van der Waals surface area (Å²) in [5.74, 6) is 0.702. The Hall–Kier alpha value is -0.610. The second-order valence-corrected chi connectivity index (χ2v) is 6.22. The van der Waals surface area contributed by atoms with Crippen molar-refractivity contribution in [1.82, 2.24) is 10.2 Å². The largest absolute Gasteiger partial charge is 0.368 e. The number of hydrogen-bond acceptors (Lipinski definition) is 3. The van der Waals surface area contributed by atoms with Crippen molar-refractivity contribution in [2.45, 2.75) is 64.1 Å². The Morgan fingerprint density at radius 2 is 2.00 bits per heavy atom. The van der Waals surface area contributed by atoms with Crippen LogP contribution in [-0.2, 0) is 4.79 Å². The summed E-state index contributed by atoms with van der Waals surface area (Å²) in [4.78, 5) is 13.9. The third-order valence-corrected chi connectivity index (χ3v) is 3.98. The summed E-state index contributed by atoms with van der Waals surface area (Å²) in [5, 5.41) is 3.35. The van der Waals surface area contributed by atoms with Crippen LogP contribution < -0.4 is 11.1 Å². The van der Waals surface area contributed by atoms with E-state index in [2.05, 4.69) is 24.1 Å². The summed E-state index contributed by atoms with van der Waals surface area (Å²) in [7, 11) is 0. The van der Waals surface area contributed by atoms with Crippen molar-refractivity contribution < 1.29 is 4.79 Å². The van der Waals surface area contributed by atoms with E-state index in [9.17, 15) is 4.79 Å². The zero-order valence-electron chi connectivity index (χ0n) is 11.7. The Kier molecular flexibility index (Phi) is 4.62. The van der Waals surface area contributed by atoms with Gasteiger partial charge in [0, 0.05) is 25.2 Å². The zero-order valence-corrected chi connectivity index (χ0v) is 11.7. The van der Waals surface area contributed by atoms with E-state index in [-0.39, 0.29) is 11.9 Å². The molecule has 1 atom stereocenters. The molecule has 0 radical (unpaired) electrons. The number of rotatable bonds is 9. The Morgan fingerprint density at radius 3 is 2.44 bits per heavy atom. The predicted octanol–water partition coefficient (Wildman–Crippen LogP) is 1.10. The molecule has 1 amide bonds. The van der Waals surface area contributed by atoms with E-state index in [1.807, 2.05) is 0 Å². The number of nitrogens with one attached hydrogen (secondary N) is 1. The molecule has 0 bridgehead atoms. The van der Waals surface area contributed by atoms with E-state index in [0.717, 1.165) is 18.9 Å². The van der Waals surface area contributed by atoms with E-state index in [4.69, 9.17) is 5.73 Å². The molecule has 0 aromatic heterocycles. The van der Waals surface area contributed by atoms with Crippen LogP contribution in [0.25, 0.3) is 0 Å². The fourth-order valence-corrected chi connectivity index (χ4v) is 2.33. The minimum absolute atomic E-state index is 0.141. The first-order valence-electron chi connectivity index (χ1n) is 7.35. The molecule has 3 N–H and O–H groups in total. The lowest BCUT2D eigenvalue weighted by Crippen LogP contribution is -2.45. The van der Waals surface area contributed by atoms with Gasteiger partial charge in [0.15, 0.2) is 0 Å². The molecule has 2 aliphatic rings. The predicted molar refractivity (Wildman–Crippen MR) is 73.2 cm³/mol. The van der Waals surface area contributed by atoms with Crippen LogP contribution in [0.4, 0.5) is 0 Å².